The van der Waals surface area contributed by atoms with Crippen LogP contribution in [0.4, 0.5) is 0 Å². The van der Waals surface area contributed by atoms with E-state index in [1.807, 2.05) is 78.9 Å². The number of fused-ring (bicyclic) bond motifs is 2. The summed E-state index contributed by atoms with van der Waals surface area (Å²) >= 11 is 0. The summed E-state index contributed by atoms with van der Waals surface area (Å²) in [6.07, 6.45) is -0.0614. The van der Waals surface area contributed by atoms with Crippen molar-refractivity contribution in [3.05, 3.63) is 96.1 Å². The van der Waals surface area contributed by atoms with Crippen LogP contribution >= 0.6 is 0 Å². The Kier molecular flexibility index (Phi) is 7.95. The summed E-state index contributed by atoms with van der Waals surface area (Å²) in [5, 5.41) is 14.7. The molecule has 0 bridgehead atoms. The zero-order valence-corrected chi connectivity index (χ0v) is 19.8. The second-order valence-electron chi connectivity index (χ2n) is 6.56. The summed E-state index contributed by atoms with van der Waals surface area (Å²) in [5.74, 6) is -1.79. The van der Waals surface area contributed by atoms with Crippen molar-refractivity contribution in [1.82, 2.24) is 0 Å². The zero-order chi connectivity index (χ0) is 23.1. The number of benzene rings is 4. The van der Waals surface area contributed by atoms with Crippen LogP contribution < -0.4 is 56.5 Å². The van der Waals surface area contributed by atoms with Gasteiger partial charge in [-0.15, -0.1) is 0 Å². The number of aliphatic carboxylic acids is 1. The fraction of sp³-hybridized carbons (Fsp3) is 0.120. The largest absolute Gasteiger partial charge is 1.00 e. The van der Waals surface area contributed by atoms with E-state index in [9.17, 15) is 14.7 Å². The Morgan fingerprint density at radius 1 is 0.767 bits per heavy atom. The number of carboxylic acids is 1. The van der Waals surface area contributed by atoms with Crippen LogP contribution in [0.25, 0.3) is 21.5 Å². The minimum absolute atomic E-state index is 0. The first-order valence-electron chi connectivity index (χ1n) is 10.6. The standard InChI is InChI=1S/C13H12O2.C12H10O2.K/c1-15-13(14)9-10-6-7-11-4-2-3-5-12(11)8-10;13-12(14)8-9-5-6-10-3-1-2-4-11(10)7-9;/h2-8H,9H2,1H3;1-7H,8H2,(H,13,14);/q;;+1/p-1/i1T3;;. The quantitative estimate of drug-likeness (QED) is 0.353. The van der Waals surface area contributed by atoms with Gasteiger partial charge in [0.05, 0.1) is 17.6 Å². The van der Waals surface area contributed by atoms with Gasteiger partial charge in [-0.2, -0.15) is 0 Å². The van der Waals surface area contributed by atoms with Gasteiger partial charge in [-0.25, -0.2) is 0 Å². The van der Waals surface area contributed by atoms with Crippen molar-refractivity contribution in [2.75, 3.05) is 7.04 Å². The number of carbonyl (C=O) groups is 2. The molecule has 0 aromatic heterocycles. The number of esters is 1. The molecule has 4 rings (SSSR count). The average Bonchev–Trinajstić information content (AvgIpc) is 2.72. The summed E-state index contributed by atoms with van der Waals surface area (Å²) in [5.41, 5.74) is 1.52. The van der Waals surface area contributed by atoms with Crippen LogP contribution in [0.2, 0.25) is 0 Å². The van der Waals surface area contributed by atoms with Crippen molar-refractivity contribution in [3.63, 3.8) is 0 Å². The molecule has 146 valence electrons. The molecule has 0 saturated heterocycles. The molecule has 0 heterocycles. The van der Waals surface area contributed by atoms with E-state index in [4.69, 9.17) is 4.11 Å². The third-order valence-electron chi connectivity index (χ3n) is 4.44. The molecule has 0 fully saturated rings. The van der Waals surface area contributed by atoms with Crippen LogP contribution in [0.5, 0.6) is 0 Å². The maximum atomic E-state index is 11.4. The van der Waals surface area contributed by atoms with Gasteiger partial charge in [0.15, 0.2) is 0 Å². The van der Waals surface area contributed by atoms with Crippen molar-refractivity contribution < 1.29 is 74.9 Å². The molecule has 0 saturated carbocycles. The Bertz CT molecular complexity index is 1260. The molecule has 5 heteroatoms. The molecular formula is C25H21KO4. The van der Waals surface area contributed by atoms with E-state index < -0.39 is 19.0 Å². The molecule has 0 radical (unpaired) electrons. The first-order valence-corrected chi connectivity index (χ1v) is 9.07. The maximum Gasteiger partial charge on any atom is 1.00 e. The Balaban J connectivity index is 0.000000233. The Morgan fingerprint density at radius 2 is 1.23 bits per heavy atom. The summed E-state index contributed by atoms with van der Waals surface area (Å²) in [6.45, 7) is 0. The van der Waals surface area contributed by atoms with Crippen LogP contribution in [0.1, 0.15) is 15.2 Å². The van der Waals surface area contributed by atoms with Crippen molar-refractivity contribution in [3.8, 4) is 0 Å². The summed E-state index contributed by atoms with van der Waals surface area (Å²) in [6, 6.07) is 26.8. The first kappa shape index (κ1) is 19.9. The van der Waals surface area contributed by atoms with Crippen molar-refractivity contribution >= 4 is 33.5 Å². The molecular weight excluding hydrogens is 403 g/mol. The molecule has 0 N–H and O–H groups in total. The van der Waals surface area contributed by atoms with Crippen LogP contribution in [-0.2, 0) is 27.2 Å². The fourth-order valence-electron chi connectivity index (χ4n) is 3.07. The van der Waals surface area contributed by atoms with Gasteiger partial charge < -0.3 is 14.6 Å². The van der Waals surface area contributed by atoms with Gasteiger partial charge in [0.1, 0.15) is 0 Å². The number of carbonyl (C=O) groups excluding carboxylic acids is 2. The van der Waals surface area contributed by atoms with Gasteiger partial charge >= 0.3 is 57.4 Å². The second-order valence-corrected chi connectivity index (χ2v) is 6.56. The monoisotopic (exact) mass is 430 g/mol. The predicted molar refractivity (Wildman–Crippen MR) is 112 cm³/mol. The molecule has 0 aliphatic rings. The smallest absolute Gasteiger partial charge is 0.550 e. The summed E-state index contributed by atoms with van der Waals surface area (Å²) in [4.78, 5) is 21.8. The Morgan fingerprint density at radius 3 is 1.70 bits per heavy atom. The number of hydrogen-bond donors (Lipinski definition) is 0. The van der Waals surface area contributed by atoms with E-state index in [-0.39, 0.29) is 64.2 Å². The zero-order valence-electron chi connectivity index (χ0n) is 19.6. The fourth-order valence-corrected chi connectivity index (χ4v) is 3.07. The minimum Gasteiger partial charge on any atom is -0.550 e. The molecule has 0 amide bonds. The molecule has 4 nitrogen and oxygen atoms in total. The molecule has 0 aliphatic heterocycles. The molecule has 0 unspecified atom stereocenters. The molecule has 30 heavy (non-hydrogen) atoms. The number of hydrogen-bond acceptors (Lipinski definition) is 4. The van der Waals surface area contributed by atoms with Crippen LogP contribution in [-0.4, -0.2) is 19.0 Å². The molecule has 4 aromatic rings. The van der Waals surface area contributed by atoms with Crippen LogP contribution in [0.3, 0.4) is 0 Å². The third-order valence-corrected chi connectivity index (χ3v) is 4.44. The van der Waals surface area contributed by atoms with Crippen molar-refractivity contribution in [2.24, 2.45) is 0 Å². The third kappa shape index (κ3) is 7.04. The Labute approximate surface area is 222 Å². The average molecular weight is 431 g/mol. The second kappa shape index (κ2) is 12.0. The van der Waals surface area contributed by atoms with Crippen LogP contribution in [0.15, 0.2) is 84.9 Å². The molecule has 0 atom stereocenters. The van der Waals surface area contributed by atoms with E-state index in [1.165, 1.54) is 0 Å². The van der Waals surface area contributed by atoms with Gasteiger partial charge in [0, 0.05) is 12.4 Å². The number of methoxy groups -OCH3 is 1. The number of carboxylic acid groups (broad SMARTS) is 1. The van der Waals surface area contributed by atoms with Gasteiger partial charge in [-0.1, -0.05) is 84.9 Å². The van der Waals surface area contributed by atoms with E-state index in [0.717, 1.165) is 32.7 Å². The van der Waals surface area contributed by atoms with Crippen molar-refractivity contribution in [2.45, 2.75) is 12.8 Å². The van der Waals surface area contributed by atoms with Gasteiger partial charge in [-0.3, -0.25) is 4.79 Å². The van der Waals surface area contributed by atoms with Gasteiger partial charge in [0.2, 0.25) is 0 Å². The molecule has 0 spiro atoms. The number of ether oxygens (including phenoxy) is 1. The van der Waals surface area contributed by atoms with Gasteiger partial charge in [0.25, 0.3) is 0 Å². The molecule has 0 aliphatic carbocycles. The minimum atomic E-state index is -2.67. The predicted octanol–water partition coefficient (Wildman–Crippen LogP) is 0.691. The van der Waals surface area contributed by atoms with Crippen LogP contribution in [0, 0.1) is 0 Å². The van der Waals surface area contributed by atoms with E-state index in [1.54, 1.807) is 6.07 Å². The Hall–Kier alpha value is -2.02. The molecule has 4 aromatic carbocycles. The van der Waals surface area contributed by atoms with E-state index in [2.05, 4.69) is 4.74 Å². The van der Waals surface area contributed by atoms with E-state index in [0.29, 0.717) is 0 Å². The maximum absolute atomic E-state index is 11.4. The SMILES string of the molecule is O=C([O-])Cc1ccc2ccccc2c1.[3H]C([3H])([3H])OC(=O)Cc1ccc2ccccc2c1.[K+]. The van der Waals surface area contributed by atoms with E-state index >= 15 is 0 Å². The van der Waals surface area contributed by atoms with Gasteiger partial charge in [-0.05, 0) is 32.7 Å². The number of rotatable bonds is 4. The topological polar surface area (TPSA) is 66.4 Å². The van der Waals surface area contributed by atoms with Crippen molar-refractivity contribution in [1.29, 1.82) is 0 Å². The summed E-state index contributed by atoms with van der Waals surface area (Å²) in [7, 11) is -2.67. The first-order chi connectivity index (χ1) is 15.2. The summed E-state index contributed by atoms with van der Waals surface area (Å²) < 4.78 is 24.9. The normalized spacial score (nSPS) is 11.8.